The maximum atomic E-state index is 13.1. The highest BCUT2D eigenvalue weighted by atomic mass is 16.5. The van der Waals surface area contributed by atoms with Crippen molar-refractivity contribution >= 4 is 22.5 Å². The van der Waals surface area contributed by atoms with Gasteiger partial charge in [-0.1, -0.05) is 19.1 Å². The van der Waals surface area contributed by atoms with E-state index >= 15 is 0 Å². The van der Waals surface area contributed by atoms with E-state index in [1.54, 1.807) is 42.5 Å². The third kappa shape index (κ3) is 3.94. The Labute approximate surface area is 173 Å². The van der Waals surface area contributed by atoms with E-state index < -0.39 is 11.6 Å². The number of nitrogens with one attached hydrogen (secondary N) is 1. The van der Waals surface area contributed by atoms with Crippen molar-refractivity contribution in [2.45, 2.75) is 32.9 Å². The Morgan fingerprint density at radius 1 is 1.10 bits per heavy atom. The van der Waals surface area contributed by atoms with Crippen LogP contribution in [0.25, 0.3) is 10.9 Å². The maximum Gasteiger partial charge on any atom is 0.332 e. The van der Waals surface area contributed by atoms with Crippen molar-refractivity contribution in [3.05, 3.63) is 63.3 Å². The molecule has 2 aromatic carbocycles. The van der Waals surface area contributed by atoms with Gasteiger partial charge in [-0.15, -0.1) is 0 Å². The number of fused-ring (bicyclic) bond motifs is 1. The lowest BCUT2D eigenvalue weighted by Gasteiger charge is -2.18. The van der Waals surface area contributed by atoms with E-state index in [0.29, 0.717) is 34.5 Å². The molecule has 0 aliphatic heterocycles. The number of hydrogen-bond acceptors (Lipinski definition) is 5. The number of benzene rings is 2. The van der Waals surface area contributed by atoms with Gasteiger partial charge in [-0.2, -0.15) is 0 Å². The number of para-hydroxylation sites is 1. The average molecular weight is 411 g/mol. The van der Waals surface area contributed by atoms with Gasteiger partial charge in [0.1, 0.15) is 18.0 Å². The molecule has 158 valence electrons. The van der Waals surface area contributed by atoms with E-state index in [1.165, 1.54) is 23.4 Å². The third-order valence-electron chi connectivity index (χ3n) is 5.10. The molecule has 0 bridgehead atoms. The van der Waals surface area contributed by atoms with E-state index in [4.69, 9.17) is 9.47 Å². The Kier molecular flexibility index (Phi) is 6.25. The number of anilines is 1. The fourth-order valence-corrected chi connectivity index (χ4v) is 3.31. The van der Waals surface area contributed by atoms with Crippen molar-refractivity contribution < 1.29 is 14.3 Å². The molecule has 0 saturated heterocycles. The number of rotatable bonds is 7. The van der Waals surface area contributed by atoms with Gasteiger partial charge in [-0.05, 0) is 37.6 Å². The highest BCUT2D eigenvalue weighted by molar-refractivity contribution is 5.93. The standard InChI is InChI=1S/C22H25N3O5/c1-5-14(2)25-21(27)16-8-6-7-9-18(16)24(22(25)28)13-20(26)23-17-12-15(29-3)10-11-19(17)30-4/h6-12,14H,5,13H2,1-4H3,(H,23,26)/t14-/m1/s1. The second-order valence-electron chi connectivity index (χ2n) is 6.93. The molecular formula is C22H25N3O5. The Morgan fingerprint density at radius 2 is 1.83 bits per heavy atom. The Bertz CT molecular complexity index is 1200. The van der Waals surface area contributed by atoms with Crippen LogP contribution in [0.2, 0.25) is 0 Å². The van der Waals surface area contributed by atoms with Gasteiger partial charge in [0.15, 0.2) is 0 Å². The van der Waals surface area contributed by atoms with Crippen LogP contribution in [-0.2, 0) is 11.3 Å². The molecule has 3 rings (SSSR count). The third-order valence-corrected chi connectivity index (χ3v) is 5.10. The lowest BCUT2D eigenvalue weighted by atomic mass is 10.2. The van der Waals surface area contributed by atoms with Crippen LogP contribution in [-0.4, -0.2) is 29.3 Å². The Morgan fingerprint density at radius 3 is 2.50 bits per heavy atom. The van der Waals surface area contributed by atoms with Crippen LogP contribution >= 0.6 is 0 Å². The van der Waals surface area contributed by atoms with E-state index in [0.717, 1.165) is 0 Å². The highest BCUT2D eigenvalue weighted by Crippen LogP contribution is 2.28. The molecule has 3 aromatic rings. The monoisotopic (exact) mass is 411 g/mol. The smallest absolute Gasteiger partial charge is 0.332 e. The van der Waals surface area contributed by atoms with Gasteiger partial charge >= 0.3 is 5.69 Å². The Balaban J connectivity index is 2.05. The lowest BCUT2D eigenvalue weighted by Crippen LogP contribution is -2.43. The lowest BCUT2D eigenvalue weighted by molar-refractivity contribution is -0.116. The molecule has 8 heteroatoms. The number of carbonyl (C=O) groups excluding carboxylic acids is 1. The van der Waals surface area contributed by atoms with Gasteiger partial charge in [-0.3, -0.25) is 18.7 Å². The van der Waals surface area contributed by atoms with Crippen molar-refractivity contribution in [3.8, 4) is 11.5 Å². The van der Waals surface area contributed by atoms with Crippen LogP contribution in [0.3, 0.4) is 0 Å². The number of amides is 1. The van der Waals surface area contributed by atoms with E-state index in [-0.39, 0.29) is 18.1 Å². The molecule has 30 heavy (non-hydrogen) atoms. The first-order valence-corrected chi connectivity index (χ1v) is 9.67. The quantitative estimate of drug-likeness (QED) is 0.646. The number of nitrogens with zero attached hydrogens (tertiary/aromatic N) is 2. The first-order valence-electron chi connectivity index (χ1n) is 9.67. The topological polar surface area (TPSA) is 91.6 Å². The molecule has 0 aliphatic rings. The van der Waals surface area contributed by atoms with E-state index in [1.807, 2.05) is 13.8 Å². The molecule has 0 spiro atoms. The average Bonchev–Trinajstić information content (AvgIpc) is 2.76. The summed E-state index contributed by atoms with van der Waals surface area (Å²) in [5, 5.41) is 3.16. The summed E-state index contributed by atoms with van der Waals surface area (Å²) in [5.74, 6) is 0.591. The van der Waals surface area contributed by atoms with Crippen molar-refractivity contribution in [2.75, 3.05) is 19.5 Å². The van der Waals surface area contributed by atoms with Crippen LogP contribution < -0.4 is 26.0 Å². The summed E-state index contributed by atoms with van der Waals surface area (Å²) in [6, 6.07) is 11.5. The van der Waals surface area contributed by atoms with Crippen LogP contribution in [0.1, 0.15) is 26.3 Å². The van der Waals surface area contributed by atoms with Gasteiger partial charge in [0.05, 0.1) is 30.8 Å². The maximum absolute atomic E-state index is 13.1. The van der Waals surface area contributed by atoms with Crippen molar-refractivity contribution in [3.63, 3.8) is 0 Å². The summed E-state index contributed by atoms with van der Waals surface area (Å²) in [5.41, 5.74) is -0.0221. The number of carbonyl (C=O) groups is 1. The summed E-state index contributed by atoms with van der Waals surface area (Å²) >= 11 is 0. The second-order valence-corrected chi connectivity index (χ2v) is 6.93. The highest BCUT2D eigenvalue weighted by Gasteiger charge is 2.18. The zero-order valence-corrected chi connectivity index (χ0v) is 17.5. The summed E-state index contributed by atoms with van der Waals surface area (Å²) in [6.07, 6.45) is 0.612. The number of ether oxygens (including phenoxy) is 2. The number of hydrogen-bond donors (Lipinski definition) is 1. The largest absolute Gasteiger partial charge is 0.497 e. The SMILES string of the molecule is CC[C@@H](C)n1c(=O)c2ccccc2n(CC(=O)Nc2cc(OC)ccc2OC)c1=O. The van der Waals surface area contributed by atoms with Crippen molar-refractivity contribution in [1.82, 2.24) is 9.13 Å². The number of aromatic nitrogens is 2. The second kappa shape index (κ2) is 8.86. The van der Waals surface area contributed by atoms with Gasteiger partial charge in [-0.25, -0.2) is 4.79 Å². The molecule has 1 aromatic heterocycles. The predicted molar refractivity (Wildman–Crippen MR) is 116 cm³/mol. The molecule has 1 atom stereocenters. The van der Waals surface area contributed by atoms with Crippen molar-refractivity contribution in [1.29, 1.82) is 0 Å². The molecule has 1 N–H and O–H groups in total. The van der Waals surface area contributed by atoms with Crippen LogP contribution in [0.15, 0.2) is 52.1 Å². The molecule has 1 heterocycles. The summed E-state index contributed by atoms with van der Waals surface area (Å²) in [6.45, 7) is 3.46. The fourth-order valence-electron chi connectivity index (χ4n) is 3.31. The van der Waals surface area contributed by atoms with Crippen LogP contribution in [0, 0.1) is 0 Å². The van der Waals surface area contributed by atoms with Gasteiger partial charge in [0.25, 0.3) is 5.56 Å². The van der Waals surface area contributed by atoms with Gasteiger partial charge < -0.3 is 14.8 Å². The van der Waals surface area contributed by atoms with E-state index in [2.05, 4.69) is 5.32 Å². The molecule has 0 saturated carbocycles. The van der Waals surface area contributed by atoms with Gasteiger partial charge in [0, 0.05) is 12.1 Å². The fraction of sp³-hybridized carbons (Fsp3) is 0.318. The van der Waals surface area contributed by atoms with E-state index in [9.17, 15) is 14.4 Å². The summed E-state index contributed by atoms with van der Waals surface area (Å²) in [4.78, 5) is 38.8. The molecular weight excluding hydrogens is 386 g/mol. The number of methoxy groups -OCH3 is 2. The molecule has 0 radical (unpaired) electrons. The van der Waals surface area contributed by atoms with Crippen LogP contribution in [0.4, 0.5) is 5.69 Å². The summed E-state index contributed by atoms with van der Waals surface area (Å²) < 4.78 is 13.0. The minimum atomic E-state index is -0.513. The van der Waals surface area contributed by atoms with Gasteiger partial charge in [0.2, 0.25) is 5.91 Å². The molecule has 0 unspecified atom stereocenters. The molecule has 1 amide bonds. The molecule has 8 nitrogen and oxygen atoms in total. The first-order chi connectivity index (χ1) is 14.4. The predicted octanol–water partition coefficient (Wildman–Crippen LogP) is 2.79. The summed E-state index contributed by atoms with van der Waals surface area (Å²) in [7, 11) is 3.02. The normalized spacial score (nSPS) is 11.9. The zero-order valence-electron chi connectivity index (χ0n) is 17.5. The minimum absolute atomic E-state index is 0.254. The minimum Gasteiger partial charge on any atom is -0.497 e. The van der Waals surface area contributed by atoms with Crippen molar-refractivity contribution in [2.24, 2.45) is 0 Å². The zero-order chi connectivity index (χ0) is 21.8. The Hall–Kier alpha value is -3.55. The first kappa shape index (κ1) is 21.2. The molecule has 0 aliphatic carbocycles. The van der Waals surface area contributed by atoms with Crippen LogP contribution in [0.5, 0.6) is 11.5 Å². The molecule has 0 fully saturated rings.